The van der Waals surface area contributed by atoms with E-state index in [0.29, 0.717) is 32.1 Å². The van der Waals surface area contributed by atoms with Crippen LogP contribution in [0.1, 0.15) is 184 Å². The Balaban J connectivity index is 2.27. The van der Waals surface area contributed by atoms with Crippen LogP contribution in [0.3, 0.4) is 0 Å². The molecule has 0 spiro atoms. The number of esters is 2. The van der Waals surface area contributed by atoms with Crippen LogP contribution in [-0.4, -0.2) is 60.5 Å². The number of unbranched alkanes of at least 4 members (excludes halogenated alkanes) is 15. The molecule has 3 atom stereocenters. The normalized spacial score (nSPS) is 14.1. The van der Waals surface area contributed by atoms with E-state index in [1.54, 1.807) is 6.08 Å². The van der Waals surface area contributed by atoms with E-state index in [0.717, 1.165) is 38.5 Å². The Labute approximate surface area is 369 Å². The lowest BCUT2D eigenvalue weighted by molar-refractivity contribution is -0.161. The highest BCUT2D eigenvalue weighted by molar-refractivity contribution is 7.47. The summed E-state index contributed by atoms with van der Waals surface area (Å²) < 4.78 is 39.0. The molecule has 12 heteroatoms. The number of hydrogen-bond acceptors (Lipinski definition) is 10. The van der Waals surface area contributed by atoms with E-state index in [-0.39, 0.29) is 32.6 Å². The van der Waals surface area contributed by atoms with E-state index in [1.807, 2.05) is 36.5 Å². The molecule has 0 fully saturated rings. The Hall–Kier alpha value is -2.79. The largest absolute Gasteiger partial charge is 0.472 e. The van der Waals surface area contributed by atoms with Gasteiger partial charge in [0.25, 0.3) is 0 Å². The van der Waals surface area contributed by atoms with Crippen molar-refractivity contribution in [3.8, 4) is 0 Å². The van der Waals surface area contributed by atoms with E-state index >= 15 is 0 Å². The zero-order valence-corrected chi connectivity index (χ0v) is 39.4. The first-order valence-corrected chi connectivity index (χ1v) is 25.1. The smallest absolute Gasteiger partial charge is 0.466 e. The minimum Gasteiger partial charge on any atom is -0.466 e. The number of furan rings is 1. The van der Waals surface area contributed by atoms with Crippen LogP contribution < -0.4 is 5.73 Å². The van der Waals surface area contributed by atoms with Crippen molar-refractivity contribution in [3.05, 3.63) is 71.3 Å². The molecule has 1 aromatic heterocycles. The first-order chi connectivity index (χ1) is 29.5. The van der Waals surface area contributed by atoms with Crippen LogP contribution in [0.5, 0.6) is 0 Å². The van der Waals surface area contributed by atoms with Crippen molar-refractivity contribution < 1.29 is 47.1 Å². The van der Waals surface area contributed by atoms with Crippen molar-refractivity contribution in [1.82, 2.24) is 0 Å². The highest BCUT2D eigenvalue weighted by Gasteiger charge is 2.26. The lowest BCUT2D eigenvalue weighted by Gasteiger charge is -2.19. The van der Waals surface area contributed by atoms with Gasteiger partial charge in [0.1, 0.15) is 18.1 Å². The molecule has 0 saturated carbocycles. The number of allylic oxidation sites excluding steroid dienone is 6. The molecule has 0 radical (unpaired) electrons. The van der Waals surface area contributed by atoms with Crippen LogP contribution >= 0.6 is 7.82 Å². The zero-order valence-electron chi connectivity index (χ0n) is 38.5. The third-order valence-electron chi connectivity index (χ3n) is 10.5. The van der Waals surface area contributed by atoms with E-state index in [9.17, 15) is 24.2 Å². The number of hydrogen-bond donors (Lipinski definition) is 3. The summed E-state index contributed by atoms with van der Waals surface area (Å²) >= 11 is 0. The molecule has 0 bridgehead atoms. The number of aryl methyl sites for hydroxylation is 2. The summed E-state index contributed by atoms with van der Waals surface area (Å²) in [6.07, 6.45) is 38.5. The van der Waals surface area contributed by atoms with Gasteiger partial charge in [0.2, 0.25) is 0 Å². The lowest BCUT2D eigenvalue weighted by Crippen LogP contribution is -2.29. The number of phosphoric ester groups is 1. The third kappa shape index (κ3) is 31.7. The fourth-order valence-corrected chi connectivity index (χ4v) is 7.42. The van der Waals surface area contributed by atoms with Gasteiger partial charge in [0.05, 0.1) is 19.3 Å². The molecule has 61 heavy (non-hydrogen) atoms. The number of carbonyl (C=O) groups is 2. The Morgan fingerprint density at radius 2 is 1.26 bits per heavy atom. The van der Waals surface area contributed by atoms with Gasteiger partial charge in [-0.3, -0.25) is 18.6 Å². The van der Waals surface area contributed by atoms with Gasteiger partial charge >= 0.3 is 19.8 Å². The maximum Gasteiger partial charge on any atom is 0.472 e. The average molecular weight is 878 g/mol. The second-order valence-corrected chi connectivity index (χ2v) is 17.5. The molecule has 0 aliphatic heterocycles. The van der Waals surface area contributed by atoms with Gasteiger partial charge in [-0.05, 0) is 82.8 Å². The summed E-state index contributed by atoms with van der Waals surface area (Å²) in [6.45, 7) is 7.88. The number of carbonyl (C=O) groups excluding carboxylic acids is 2. The SMILES string of the molecule is CCCCC/C=C\C=C/[C@H](O)C/C=C\C/C=C/CCCC(=O)O[C@H](COC(=O)CCCCCCCCCCCCc1oc(CCCCC)c(C)c1C)COP(=O)(O)OCCN. The summed E-state index contributed by atoms with van der Waals surface area (Å²) in [5.41, 5.74) is 8.03. The highest BCUT2D eigenvalue weighted by atomic mass is 31.2. The fraction of sp³-hybridized carbons (Fsp3) is 0.714. The highest BCUT2D eigenvalue weighted by Crippen LogP contribution is 2.43. The molecular weight excluding hydrogens is 794 g/mol. The Bertz CT molecular complexity index is 1430. The van der Waals surface area contributed by atoms with E-state index in [2.05, 4.69) is 33.8 Å². The van der Waals surface area contributed by atoms with Crippen LogP contribution in [-0.2, 0) is 45.5 Å². The van der Waals surface area contributed by atoms with Gasteiger partial charge in [-0.25, -0.2) is 4.57 Å². The second-order valence-electron chi connectivity index (χ2n) is 16.1. The van der Waals surface area contributed by atoms with Crippen molar-refractivity contribution in [2.45, 2.75) is 200 Å². The maximum absolute atomic E-state index is 12.6. The molecule has 1 rings (SSSR count). The Morgan fingerprint density at radius 3 is 1.92 bits per heavy atom. The van der Waals surface area contributed by atoms with E-state index in [4.69, 9.17) is 28.7 Å². The standard InChI is InChI=1S/C49H84NO10P/c1-5-7-9-10-16-21-27-32-44(51)33-28-22-17-15-20-25-31-37-49(53)59-45(41-58-61(54,55)57-39-38-50)40-56-48(52)36-30-24-19-14-12-11-13-18-23-29-35-47-43(4)42(3)46(60-47)34-26-8-6-2/h15-16,20-22,27-28,32,44-45,51H,5-14,17-19,23-26,29-31,33-41,50H2,1-4H3,(H,54,55)/b20-15+,21-16-,28-22-,32-27-/t44-,45+/m0/s1. The number of rotatable bonds is 40. The monoisotopic (exact) mass is 878 g/mol. The quantitative estimate of drug-likeness (QED) is 0.0189. The van der Waals surface area contributed by atoms with E-state index < -0.39 is 38.6 Å². The van der Waals surface area contributed by atoms with Gasteiger partial charge in [0, 0.05) is 32.2 Å². The molecule has 0 saturated heterocycles. The van der Waals surface area contributed by atoms with Crippen molar-refractivity contribution in [2.75, 3.05) is 26.4 Å². The predicted octanol–water partition coefficient (Wildman–Crippen LogP) is 12.1. The Morgan fingerprint density at radius 1 is 0.689 bits per heavy atom. The molecular formula is C49H84NO10P. The molecule has 1 unspecified atom stereocenters. The maximum atomic E-state index is 12.6. The van der Waals surface area contributed by atoms with Crippen molar-refractivity contribution in [3.63, 3.8) is 0 Å². The zero-order chi connectivity index (χ0) is 44.8. The molecule has 0 aliphatic carbocycles. The average Bonchev–Trinajstić information content (AvgIpc) is 3.51. The summed E-state index contributed by atoms with van der Waals surface area (Å²) in [5.74, 6) is 1.41. The molecule has 1 heterocycles. The van der Waals surface area contributed by atoms with Crippen molar-refractivity contribution >= 4 is 19.8 Å². The minimum atomic E-state index is -4.42. The third-order valence-corrected chi connectivity index (χ3v) is 11.5. The number of aliphatic hydroxyl groups is 1. The van der Waals surface area contributed by atoms with Gasteiger partial charge in [-0.1, -0.05) is 140 Å². The van der Waals surface area contributed by atoms with Gasteiger partial charge in [-0.2, -0.15) is 0 Å². The van der Waals surface area contributed by atoms with Crippen molar-refractivity contribution in [2.24, 2.45) is 5.73 Å². The second kappa shape index (κ2) is 37.7. The summed E-state index contributed by atoms with van der Waals surface area (Å²) in [7, 11) is -4.42. The molecule has 0 aromatic carbocycles. The first kappa shape index (κ1) is 56.2. The topological polar surface area (TPSA) is 168 Å². The summed E-state index contributed by atoms with van der Waals surface area (Å²) in [5, 5.41) is 10.1. The van der Waals surface area contributed by atoms with Gasteiger partial charge in [0.15, 0.2) is 6.10 Å². The molecule has 4 N–H and O–H groups in total. The summed E-state index contributed by atoms with van der Waals surface area (Å²) in [4.78, 5) is 35.0. The molecule has 1 aromatic rings. The number of ether oxygens (including phenoxy) is 2. The van der Waals surface area contributed by atoms with Gasteiger partial charge < -0.3 is 29.6 Å². The number of nitrogens with two attached hydrogens (primary N) is 1. The number of phosphoric acid groups is 1. The summed E-state index contributed by atoms with van der Waals surface area (Å²) in [6, 6.07) is 0. The van der Waals surface area contributed by atoms with Crippen LogP contribution in [0.2, 0.25) is 0 Å². The van der Waals surface area contributed by atoms with Crippen molar-refractivity contribution in [1.29, 1.82) is 0 Å². The molecule has 0 amide bonds. The minimum absolute atomic E-state index is 0.0278. The lowest BCUT2D eigenvalue weighted by atomic mass is 10.0. The number of aliphatic hydroxyl groups excluding tert-OH is 1. The van der Waals surface area contributed by atoms with Crippen LogP contribution in [0.15, 0.2) is 53.0 Å². The van der Waals surface area contributed by atoms with E-state index in [1.165, 1.54) is 99.7 Å². The molecule has 11 nitrogen and oxygen atoms in total. The van der Waals surface area contributed by atoms with Crippen LogP contribution in [0, 0.1) is 13.8 Å². The fourth-order valence-electron chi connectivity index (χ4n) is 6.65. The Kier molecular flexibility index (Phi) is 34.8. The predicted molar refractivity (Wildman–Crippen MR) is 247 cm³/mol. The molecule has 0 aliphatic rings. The molecule has 350 valence electrons. The van der Waals surface area contributed by atoms with Gasteiger partial charge in [-0.15, -0.1) is 0 Å². The van der Waals surface area contributed by atoms with Crippen LogP contribution in [0.4, 0.5) is 0 Å². The van der Waals surface area contributed by atoms with Crippen LogP contribution in [0.25, 0.3) is 0 Å². The first-order valence-electron chi connectivity index (χ1n) is 23.6.